The predicted octanol–water partition coefficient (Wildman–Crippen LogP) is 11.4. The molecule has 0 spiro atoms. The first-order valence-electron chi connectivity index (χ1n) is 21.4. The van der Waals surface area contributed by atoms with Crippen molar-refractivity contribution in [1.82, 2.24) is 0 Å². The molecule has 0 bridgehead atoms. The second-order valence-corrected chi connectivity index (χ2v) is 17.7. The molecular weight excluding hydrogens is 687 g/mol. The SMILES string of the molecule is CCC1OC(C)CC(C)C(C)C1C.CCC1OC2OC2C(C)C(C)C1C.CCC1OC=CC(C)C(C)C1C.CCC1O[CH-][C@H](O)C(C)C(C)C1C.[V]. The Hall–Kier alpha value is -0.0756. The molecule has 1 radical (unpaired) electrons. The van der Waals surface area contributed by atoms with Crippen molar-refractivity contribution in [3.63, 3.8) is 0 Å². The topological polar surface area (TPSA) is 69.7 Å². The van der Waals surface area contributed by atoms with Crippen molar-refractivity contribution in [2.45, 2.75) is 199 Å². The Labute approximate surface area is 334 Å². The number of aliphatic hydroxyl groups excluding tert-OH is 1. The first-order chi connectivity index (χ1) is 23.9. The standard InChI is InChI=1S/C12H24O.C11H20O2.C11H21O2.C11H20O.V/c1-6-12-11(5)10(4)8(2)7-9(3)13-12;1-5-9-7(3)6(2)8(4)10-11(12-9)13-10;1-5-11-9(4)7(2)8(3)10(12)6-13-11;1-5-11-10(4)9(3)8(2)6-7-12-11;/h8-12H,6-7H2,1-5H3;6-11H,5H2,1-4H3;6-12H,5H2,1-4H3;6-11H,5H2,1-4H3;/q;;-1;;/t;;7?,8?,9?,10-,11?;;/m..0../s1. The van der Waals surface area contributed by atoms with Crippen molar-refractivity contribution in [2.75, 3.05) is 0 Å². The van der Waals surface area contributed by atoms with Crippen LogP contribution in [0, 0.1) is 77.6 Å². The average molecular weight is 773 g/mol. The van der Waals surface area contributed by atoms with Crippen LogP contribution in [0.2, 0.25) is 0 Å². The van der Waals surface area contributed by atoms with Crippen molar-refractivity contribution < 1.29 is 47.3 Å². The number of epoxide rings is 1. The van der Waals surface area contributed by atoms with Gasteiger partial charge in [0.2, 0.25) is 0 Å². The van der Waals surface area contributed by atoms with Gasteiger partial charge in [-0.05, 0) is 122 Å². The summed E-state index contributed by atoms with van der Waals surface area (Å²) in [6.45, 7) is 39.9. The molecule has 0 aromatic rings. The summed E-state index contributed by atoms with van der Waals surface area (Å²) in [7, 11) is 0. The van der Waals surface area contributed by atoms with E-state index in [0.717, 1.165) is 43.4 Å². The van der Waals surface area contributed by atoms with Crippen LogP contribution in [0.15, 0.2) is 12.3 Å². The summed E-state index contributed by atoms with van der Waals surface area (Å²) in [4.78, 5) is 0. The van der Waals surface area contributed by atoms with Gasteiger partial charge in [0.15, 0.2) is 6.29 Å². The van der Waals surface area contributed by atoms with E-state index in [2.05, 4.69) is 124 Å². The van der Waals surface area contributed by atoms with Crippen LogP contribution >= 0.6 is 0 Å². The first kappa shape index (κ1) is 49.9. The van der Waals surface area contributed by atoms with Crippen LogP contribution in [0.25, 0.3) is 0 Å². The Morgan fingerprint density at radius 1 is 0.538 bits per heavy atom. The number of hydrogen-bond donors (Lipinski definition) is 1. The molecule has 4 fully saturated rings. The largest absolute Gasteiger partial charge is 0.547 e. The van der Waals surface area contributed by atoms with Gasteiger partial charge in [0.1, 0.15) is 12.2 Å². The van der Waals surface area contributed by atoms with Gasteiger partial charge < -0.3 is 28.8 Å². The summed E-state index contributed by atoms with van der Waals surface area (Å²) in [5, 5.41) is 9.68. The maximum atomic E-state index is 9.68. The minimum Gasteiger partial charge on any atom is -0.547 e. The van der Waals surface area contributed by atoms with E-state index in [1.54, 1.807) is 6.61 Å². The maximum absolute atomic E-state index is 9.68. The summed E-state index contributed by atoms with van der Waals surface area (Å²) in [5.74, 6) is 7.72. The van der Waals surface area contributed by atoms with Crippen LogP contribution in [-0.4, -0.2) is 54.1 Å². The molecule has 19 unspecified atom stereocenters. The number of rotatable bonds is 4. The van der Waals surface area contributed by atoms with E-state index in [1.165, 1.54) is 6.42 Å². The molecule has 6 nitrogen and oxygen atoms in total. The first-order valence-corrected chi connectivity index (χ1v) is 21.4. The molecule has 52 heavy (non-hydrogen) atoms. The maximum Gasteiger partial charge on any atom is 0.185 e. The molecule has 5 aliphatic rings. The van der Waals surface area contributed by atoms with Gasteiger partial charge in [-0.2, -0.15) is 6.61 Å². The van der Waals surface area contributed by atoms with Gasteiger partial charge in [0, 0.05) is 24.7 Å². The van der Waals surface area contributed by atoms with Crippen LogP contribution in [0.3, 0.4) is 0 Å². The zero-order valence-corrected chi connectivity index (χ0v) is 38.1. The normalized spacial score (nSPS) is 47.2. The van der Waals surface area contributed by atoms with Crippen molar-refractivity contribution in [3.05, 3.63) is 18.9 Å². The molecule has 0 amide bonds. The van der Waals surface area contributed by atoms with Crippen molar-refractivity contribution >= 4 is 0 Å². The second-order valence-electron chi connectivity index (χ2n) is 17.7. The molecule has 307 valence electrons. The summed E-state index contributed by atoms with van der Waals surface area (Å²) in [5.41, 5.74) is 0. The van der Waals surface area contributed by atoms with Crippen LogP contribution in [0.5, 0.6) is 0 Å². The average Bonchev–Trinajstić information content (AvgIpc) is 3.94. The smallest absolute Gasteiger partial charge is 0.185 e. The van der Waals surface area contributed by atoms with Crippen molar-refractivity contribution in [3.8, 4) is 0 Å². The molecule has 0 aliphatic carbocycles. The van der Waals surface area contributed by atoms with Gasteiger partial charge in [0.05, 0.1) is 24.6 Å². The third-order valence-corrected chi connectivity index (χ3v) is 14.6. The van der Waals surface area contributed by atoms with Crippen LogP contribution < -0.4 is 0 Å². The molecular formula is C45H85O6V-. The van der Waals surface area contributed by atoms with Crippen LogP contribution in [0.1, 0.15) is 150 Å². The van der Waals surface area contributed by atoms with E-state index in [4.69, 9.17) is 23.7 Å². The molecule has 0 aromatic carbocycles. The Morgan fingerprint density at radius 2 is 1.02 bits per heavy atom. The molecule has 0 saturated carbocycles. The summed E-state index contributed by atoms with van der Waals surface area (Å²) in [6.07, 6.45) is 11.8. The molecule has 20 atom stereocenters. The van der Waals surface area contributed by atoms with E-state index < -0.39 is 6.10 Å². The fraction of sp³-hybridized carbons (Fsp3) is 0.933. The minimum atomic E-state index is -0.408. The van der Waals surface area contributed by atoms with E-state index in [1.807, 2.05) is 6.26 Å². The Morgan fingerprint density at radius 3 is 1.58 bits per heavy atom. The van der Waals surface area contributed by atoms with E-state index >= 15 is 0 Å². The quantitative estimate of drug-likeness (QED) is 0.227. The van der Waals surface area contributed by atoms with E-state index in [0.29, 0.717) is 83.8 Å². The molecule has 1 N–H and O–H groups in total. The van der Waals surface area contributed by atoms with E-state index in [-0.39, 0.29) is 30.9 Å². The van der Waals surface area contributed by atoms with Gasteiger partial charge in [-0.3, -0.25) is 0 Å². The molecule has 5 heterocycles. The van der Waals surface area contributed by atoms with Gasteiger partial charge in [0.25, 0.3) is 0 Å². The van der Waals surface area contributed by atoms with Crippen molar-refractivity contribution in [2.24, 2.45) is 71.0 Å². The Kier molecular flexibility index (Phi) is 22.9. The summed E-state index contributed by atoms with van der Waals surface area (Å²) >= 11 is 0. The zero-order chi connectivity index (χ0) is 38.7. The van der Waals surface area contributed by atoms with E-state index in [9.17, 15) is 5.11 Å². The minimum absolute atomic E-state index is 0. The fourth-order valence-electron chi connectivity index (χ4n) is 8.89. The molecule has 5 aliphatic heterocycles. The molecule has 4 saturated heterocycles. The third-order valence-electron chi connectivity index (χ3n) is 14.6. The van der Waals surface area contributed by atoms with Gasteiger partial charge >= 0.3 is 0 Å². The monoisotopic (exact) mass is 773 g/mol. The van der Waals surface area contributed by atoms with Crippen LogP contribution in [0.4, 0.5) is 0 Å². The number of ether oxygens (including phenoxy) is 5. The Bertz CT molecular complexity index is 938. The second kappa shape index (κ2) is 23.9. The molecule has 5 rings (SSSR count). The number of aliphatic hydroxyl groups is 1. The molecule has 0 aromatic heterocycles. The predicted molar refractivity (Wildman–Crippen MR) is 213 cm³/mol. The van der Waals surface area contributed by atoms with Crippen molar-refractivity contribution in [1.29, 1.82) is 0 Å². The summed E-state index contributed by atoms with van der Waals surface area (Å²) in [6, 6.07) is 0. The van der Waals surface area contributed by atoms with Gasteiger partial charge in [-0.15, -0.1) is 0 Å². The third kappa shape index (κ3) is 13.8. The zero-order valence-electron chi connectivity index (χ0n) is 36.8. The number of allylic oxidation sites excluding steroid dienone is 1. The number of fused-ring (bicyclic) bond motifs is 1. The molecule has 7 heteroatoms. The fourth-order valence-corrected chi connectivity index (χ4v) is 8.89. The van der Waals surface area contributed by atoms with Gasteiger partial charge in [-0.1, -0.05) is 111 Å². The summed E-state index contributed by atoms with van der Waals surface area (Å²) < 4.78 is 28.5. The van der Waals surface area contributed by atoms with Gasteiger partial charge in [-0.25, -0.2) is 0 Å². The van der Waals surface area contributed by atoms with Crippen LogP contribution in [-0.2, 0) is 42.2 Å². The Balaban J connectivity index is 0.000000345. The number of hydrogen-bond acceptors (Lipinski definition) is 6.